The molecule has 0 saturated carbocycles. The first-order valence-corrected chi connectivity index (χ1v) is 11.1. The van der Waals surface area contributed by atoms with Crippen LogP contribution in [0.15, 0.2) is 77.7 Å². The van der Waals surface area contributed by atoms with Crippen molar-refractivity contribution < 1.29 is 13.2 Å². The number of benzene rings is 3. The van der Waals surface area contributed by atoms with Crippen LogP contribution >= 0.6 is 0 Å². The molecule has 0 atom stereocenters. The molecule has 3 rings (SSSR count). The van der Waals surface area contributed by atoms with Crippen LogP contribution in [0.1, 0.15) is 22.3 Å². The summed E-state index contributed by atoms with van der Waals surface area (Å²) in [6, 6.07) is 22.5. The predicted octanol–water partition coefficient (Wildman–Crippen LogP) is 4.00. The Morgan fingerprint density at radius 2 is 1.58 bits per heavy atom. The van der Waals surface area contributed by atoms with Crippen LogP contribution < -0.4 is 5.32 Å². The van der Waals surface area contributed by atoms with E-state index in [4.69, 9.17) is 5.26 Å². The molecule has 0 aliphatic heterocycles. The number of nitrogens with zero attached hydrogens (tertiary/aromatic N) is 2. The van der Waals surface area contributed by atoms with Crippen molar-refractivity contribution in [1.29, 1.82) is 5.26 Å². The highest BCUT2D eigenvalue weighted by molar-refractivity contribution is 7.89. The van der Waals surface area contributed by atoms with Crippen molar-refractivity contribution in [2.75, 3.05) is 11.9 Å². The first-order chi connectivity index (χ1) is 14.8. The molecule has 1 amide bonds. The van der Waals surface area contributed by atoms with Crippen LogP contribution in [-0.4, -0.2) is 25.2 Å². The molecule has 6 nitrogen and oxygen atoms in total. The summed E-state index contributed by atoms with van der Waals surface area (Å²) in [5, 5.41) is 11.7. The monoisotopic (exact) mass is 433 g/mol. The van der Waals surface area contributed by atoms with Gasteiger partial charge in [0.15, 0.2) is 0 Å². The first-order valence-electron chi connectivity index (χ1n) is 9.70. The van der Waals surface area contributed by atoms with Gasteiger partial charge in [-0.2, -0.15) is 9.57 Å². The van der Waals surface area contributed by atoms with Gasteiger partial charge in [-0.25, -0.2) is 8.42 Å². The lowest BCUT2D eigenvalue weighted by Crippen LogP contribution is -2.37. The number of hydrogen-bond donors (Lipinski definition) is 1. The van der Waals surface area contributed by atoms with Gasteiger partial charge >= 0.3 is 0 Å². The van der Waals surface area contributed by atoms with E-state index in [1.54, 1.807) is 42.5 Å². The fraction of sp³-hybridized carbons (Fsp3) is 0.167. The van der Waals surface area contributed by atoms with Gasteiger partial charge in [-0.3, -0.25) is 4.79 Å². The third-order valence-corrected chi connectivity index (χ3v) is 6.54. The minimum atomic E-state index is -3.91. The Kier molecular flexibility index (Phi) is 6.85. The fourth-order valence-electron chi connectivity index (χ4n) is 3.01. The minimum Gasteiger partial charge on any atom is -0.325 e. The summed E-state index contributed by atoms with van der Waals surface area (Å²) in [6.45, 7) is 3.53. The molecular weight excluding hydrogens is 410 g/mol. The molecule has 31 heavy (non-hydrogen) atoms. The molecule has 0 aliphatic rings. The largest absolute Gasteiger partial charge is 0.325 e. The smallest absolute Gasteiger partial charge is 0.243 e. The van der Waals surface area contributed by atoms with Gasteiger partial charge in [-0.05, 0) is 49.7 Å². The summed E-state index contributed by atoms with van der Waals surface area (Å²) in [5.74, 6) is -0.488. The molecule has 0 aromatic heterocycles. The average molecular weight is 434 g/mol. The van der Waals surface area contributed by atoms with Crippen molar-refractivity contribution in [2.24, 2.45) is 0 Å². The van der Waals surface area contributed by atoms with Crippen molar-refractivity contribution in [3.63, 3.8) is 0 Å². The molecular formula is C24H23N3O3S. The van der Waals surface area contributed by atoms with Gasteiger partial charge < -0.3 is 5.32 Å². The SMILES string of the molecule is Cc1ccc(CN(CC(=O)Nc2cccc(C#N)c2)S(=O)(=O)c2ccc(C)cc2)cc1. The molecule has 0 bridgehead atoms. The maximum absolute atomic E-state index is 13.3. The molecule has 0 aliphatic carbocycles. The van der Waals surface area contributed by atoms with Gasteiger partial charge in [-0.1, -0.05) is 53.6 Å². The molecule has 0 heterocycles. The number of carbonyl (C=O) groups is 1. The van der Waals surface area contributed by atoms with E-state index in [1.165, 1.54) is 6.07 Å². The average Bonchev–Trinajstić information content (AvgIpc) is 2.75. The quantitative estimate of drug-likeness (QED) is 0.610. The second kappa shape index (κ2) is 9.56. The normalized spacial score (nSPS) is 11.2. The number of hydrogen-bond acceptors (Lipinski definition) is 4. The fourth-order valence-corrected chi connectivity index (χ4v) is 4.39. The van der Waals surface area contributed by atoms with Crippen LogP contribution in [0, 0.1) is 25.2 Å². The third-order valence-electron chi connectivity index (χ3n) is 4.73. The van der Waals surface area contributed by atoms with Crippen LogP contribution in [0.4, 0.5) is 5.69 Å². The van der Waals surface area contributed by atoms with E-state index in [0.717, 1.165) is 21.0 Å². The van der Waals surface area contributed by atoms with Crippen molar-refractivity contribution >= 4 is 21.6 Å². The zero-order valence-electron chi connectivity index (χ0n) is 17.4. The maximum Gasteiger partial charge on any atom is 0.243 e. The lowest BCUT2D eigenvalue weighted by Gasteiger charge is -2.22. The molecule has 1 N–H and O–H groups in total. The highest BCUT2D eigenvalue weighted by atomic mass is 32.2. The first kappa shape index (κ1) is 22.2. The molecule has 0 fully saturated rings. The maximum atomic E-state index is 13.3. The molecule has 3 aromatic rings. The highest BCUT2D eigenvalue weighted by Gasteiger charge is 2.27. The molecule has 0 spiro atoms. The van der Waals surface area contributed by atoms with Crippen LogP contribution in [-0.2, 0) is 21.4 Å². The van der Waals surface area contributed by atoms with Gasteiger partial charge in [0.1, 0.15) is 0 Å². The zero-order valence-corrected chi connectivity index (χ0v) is 18.2. The van der Waals surface area contributed by atoms with Crippen molar-refractivity contribution in [3.05, 3.63) is 95.1 Å². The summed E-state index contributed by atoms with van der Waals surface area (Å²) in [6.07, 6.45) is 0. The van der Waals surface area contributed by atoms with Crippen LogP contribution in [0.5, 0.6) is 0 Å². The number of rotatable bonds is 7. The number of nitrogens with one attached hydrogen (secondary N) is 1. The number of aryl methyl sites for hydroxylation is 2. The Hall–Kier alpha value is -3.47. The molecule has 7 heteroatoms. The molecule has 0 radical (unpaired) electrons. The van der Waals surface area contributed by atoms with E-state index in [2.05, 4.69) is 5.32 Å². The van der Waals surface area contributed by atoms with E-state index in [0.29, 0.717) is 11.3 Å². The van der Waals surface area contributed by atoms with Gasteiger partial charge in [0.2, 0.25) is 15.9 Å². The van der Waals surface area contributed by atoms with Crippen molar-refractivity contribution in [1.82, 2.24) is 4.31 Å². The lowest BCUT2D eigenvalue weighted by atomic mass is 10.1. The second-order valence-corrected chi connectivity index (χ2v) is 9.25. The van der Waals surface area contributed by atoms with E-state index < -0.39 is 15.9 Å². The molecule has 0 saturated heterocycles. The van der Waals surface area contributed by atoms with E-state index in [-0.39, 0.29) is 18.0 Å². The number of anilines is 1. The standard InChI is InChI=1S/C24H23N3O3S/c1-18-6-10-20(11-7-18)16-27(31(29,30)23-12-8-19(2)9-13-23)17-24(28)26-22-5-3-4-21(14-22)15-25/h3-14H,16-17H2,1-2H3,(H,26,28). The number of amides is 1. The topological polar surface area (TPSA) is 90.3 Å². The minimum absolute atomic E-state index is 0.0577. The summed E-state index contributed by atoms with van der Waals surface area (Å²) in [4.78, 5) is 12.8. The summed E-state index contributed by atoms with van der Waals surface area (Å²) < 4.78 is 27.8. The third kappa shape index (κ3) is 5.79. The molecule has 0 unspecified atom stereocenters. The highest BCUT2D eigenvalue weighted by Crippen LogP contribution is 2.20. The van der Waals surface area contributed by atoms with Crippen molar-refractivity contribution in [3.8, 4) is 6.07 Å². The Bertz CT molecular complexity index is 1210. The van der Waals surface area contributed by atoms with Crippen LogP contribution in [0.3, 0.4) is 0 Å². The Balaban J connectivity index is 1.87. The van der Waals surface area contributed by atoms with Gasteiger partial charge in [0.05, 0.1) is 23.1 Å². The van der Waals surface area contributed by atoms with Crippen LogP contribution in [0.25, 0.3) is 0 Å². The summed E-state index contributed by atoms with van der Waals surface area (Å²) in [7, 11) is -3.91. The predicted molar refractivity (Wildman–Crippen MR) is 120 cm³/mol. The lowest BCUT2D eigenvalue weighted by molar-refractivity contribution is -0.116. The van der Waals surface area contributed by atoms with E-state index in [1.807, 2.05) is 44.2 Å². The van der Waals surface area contributed by atoms with E-state index in [9.17, 15) is 13.2 Å². The van der Waals surface area contributed by atoms with Gasteiger partial charge in [0, 0.05) is 12.2 Å². The van der Waals surface area contributed by atoms with Gasteiger partial charge in [-0.15, -0.1) is 0 Å². The second-order valence-electron chi connectivity index (χ2n) is 7.31. The summed E-state index contributed by atoms with van der Waals surface area (Å²) >= 11 is 0. The number of carbonyl (C=O) groups excluding carboxylic acids is 1. The Morgan fingerprint density at radius 1 is 0.968 bits per heavy atom. The number of sulfonamides is 1. The van der Waals surface area contributed by atoms with Crippen molar-refractivity contribution in [2.45, 2.75) is 25.3 Å². The molecule has 3 aromatic carbocycles. The molecule has 158 valence electrons. The Labute approximate surface area is 182 Å². The Morgan fingerprint density at radius 3 is 2.19 bits per heavy atom. The summed E-state index contributed by atoms with van der Waals surface area (Å²) in [5.41, 5.74) is 3.63. The number of nitriles is 1. The van der Waals surface area contributed by atoms with E-state index >= 15 is 0 Å². The zero-order chi connectivity index (χ0) is 22.4. The van der Waals surface area contributed by atoms with Gasteiger partial charge in [0.25, 0.3) is 0 Å². The van der Waals surface area contributed by atoms with Crippen LogP contribution in [0.2, 0.25) is 0 Å².